The van der Waals surface area contributed by atoms with Gasteiger partial charge in [0.15, 0.2) is 0 Å². The first-order valence-electron chi connectivity index (χ1n) is 9.43. The Labute approximate surface area is 138 Å². The van der Waals surface area contributed by atoms with Crippen molar-refractivity contribution in [3.05, 3.63) is 0 Å². The zero-order valence-corrected chi connectivity index (χ0v) is 14.3. The summed E-state index contributed by atoms with van der Waals surface area (Å²) in [5.74, 6) is 3.55. The Morgan fingerprint density at radius 2 is 1.96 bits per heavy atom. The van der Waals surface area contributed by atoms with Crippen molar-refractivity contribution in [2.45, 2.75) is 64.9 Å². The molecule has 4 rings (SSSR count). The highest BCUT2D eigenvalue weighted by atomic mass is 16.5. The maximum atomic E-state index is 11.9. The van der Waals surface area contributed by atoms with Crippen molar-refractivity contribution in [2.75, 3.05) is 6.54 Å². The van der Waals surface area contributed by atoms with E-state index >= 15 is 0 Å². The molecule has 0 radical (unpaired) electrons. The number of rotatable bonds is 1. The van der Waals surface area contributed by atoms with E-state index in [0.29, 0.717) is 23.7 Å². The Morgan fingerprint density at radius 1 is 1.13 bits per heavy atom. The van der Waals surface area contributed by atoms with Crippen LogP contribution < -0.4 is 5.32 Å². The first-order valence-corrected chi connectivity index (χ1v) is 9.43. The number of piperidine rings is 1. The third kappa shape index (κ3) is 2.40. The van der Waals surface area contributed by atoms with Crippen molar-refractivity contribution in [3.8, 4) is 0 Å². The molecule has 7 unspecified atom stereocenters. The predicted octanol–water partition coefficient (Wildman–Crippen LogP) is 2.91. The molecule has 4 aliphatic rings. The minimum atomic E-state index is -0.133. The zero-order chi connectivity index (χ0) is 16.2. The van der Waals surface area contributed by atoms with Gasteiger partial charge in [-0.3, -0.25) is 9.59 Å². The number of fused-ring (bicyclic) bond motifs is 5. The molecule has 7 atom stereocenters. The summed E-state index contributed by atoms with van der Waals surface area (Å²) in [6, 6.07) is 0. The van der Waals surface area contributed by atoms with E-state index in [0.717, 1.165) is 31.7 Å². The second-order valence-electron chi connectivity index (χ2n) is 8.66. The number of carbonyl (C=O) groups excluding carboxylic acids is 2. The number of esters is 1. The molecular weight excluding hydrogens is 290 g/mol. The maximum Gasteiger partial charge on any atom is 0.302 e. The van der Waals surface area contributed by atoms with Crippen LogP contribution in [0, 0.1) is 35.0 Å². The molecule has 0 bridgehead atoms. The van der Waals surface area contributed by atoms with Gasteiger partial charge in [-0.1, -0.05) is 6.92 Å². The lowest BCUT2D eigenvalue weighted by molar-refractivity contribution is -0.158. The van der Waals surface area contributed by atoms with Crippen LogP contribution in [0.4, 0.5) is 0 Å². The fourth-order valence-corrected chi connectivity index (χ4v) is 6.68. The monoisotopic (exact) mass is 319 g/mol. The van der Waals surface area contributed by atoms with E-state index in [1.807, 2.05) is 0 Å². The molecular formula is C19H29NO3. The lowest BCUT2D eigenvalue weighted by Gasteiger charge is -2.55. The number of hydrogen-bond acceptors (Lipinski definition) is 3. The van der Waals surface area contributed by atoms with Crippen LogP contribution in [0.1, 0.15) is 58.8 Å². The van der Waals surface area contributed by atoms with E-state index in [9.17, 15) is 9.59 Å². The third-order valence-electron chi connectivity index (χ3n) is 7.72. The number of ether oxygens (including phenoxy) is 1. The minimum absolute atomic E-state index is 0.110. The van der Waals surface area contributed by atoms with Crippen LogP contribution in [-0.2, 0) is 14.3 Å². The van der Waals surface area contributed by atoms with E-state index in [-0.39, 0.29) is 23.4 Å². The van der Waals surface area contributed by atoms with Crippen molar-refractivity contribution in [1.82, 2.24) is 5.32 Å². The van der Waals surface area contributed by atoms with E-state index in [2.05, 4.69) is 12.2 Å². The average molecular weight is 319 g/mol. The van der Waals surface area contributed by atoms with Crippen LogP contribution in [0.15, 0.2) is 0 Å². The molecule has 0 aromatic heterocycles. The molecule has 4 fully saturated rings. The van der Waals surface area contributed by atoms with E-state index in [1.165, 1.54) is 32.6 Å². The summed E-state index contributed by atoms with van der Waals surface area (Å²) < 4.78 is 5.68. The van der Waals surface area contributed by atoms with Gasteiger partial charge in [-0.2, -0.15) is 0 Å². The van der Waals surface area contributed by atoms with Crippen LogP contribution in [0.2, 0.25) is 0 Å². The summed E-state index contributed by atoms with van der Waals surface area (Å²) in [7, 11) is 0. The molecule has 1 saturated heterocycles. The second-order valence-corrected chi connectivity index (χ2v) is 8.66. The third-order valence-corrected chi connectivity index (χ3v) is 7.72. The van der Waals surface area contributed by atoms with Gasteiger partial charge in [0.2, 0.25) is 5.91 Å². The van der Waals surface area contributed by atoms with Gasteiger partial charge >= 0.3 is 5.97 Å². The summed E-state index contributed by atoms with van der Waals surface area (Å²) >= 11 is 0. The zero-order valence-electron chi connectivity index (χ0n) is 14.3. The van der Waals surface area contributed by atoms with Gasteiger partial charge in [-0.25, -0.2) is 0 Å². The van der Waals surface area contributed by atoms with Crippen molar-refractivity contribution < 1.29 is 14.3 Å². The minimum Gasteiger partial charge on any atom is -0.462 e. The summed E-state index contributed by atoms with van der Waals surface area (Å²) in [4.78, 5) is 23.3. The van der Waals surface area contributed by atoms with Gasteiger partial charge in [0.05, 0.1) is 0 Å². The van der Waals surface area contributed by atoms with Gasteiger partial charge in [-0.15, -0.1) is 0 Å². The largest absolute Gasteiger partial charge is 0.462 e. The number of amides is 1. The molecule has 0 aromatic rings. The van der Waals surface area contributed by atoms with Gasteiger partial charge in [0, 0.05) is 25.3 Å². The number of nitrogens with one attached hydrogen (secondary N) is 1. The molecule has 1 amide bonds. The molecule has 0 spiro atoms. The Bertz CT molecular complexity index is 519. The lowest BCUT2D eigenvalue weighted by atomic mass is 9.51. The van der Waals surface area contributed by atoms with Gasteiger partial charge in [0.25, 0.3) is 0 Å². The molecule has 1 aliphatic heterocycles. The highest BCUT2D eigenvalue weighted by Crippen LogP contribution is 2.62. The molecule has 23 heavy (non-hydrogen) atoms. The highest BCUT2D eigenvalue weighted by Gasteiger charge is 2.58. The number of hydrogen-bond donors (Lipinski definition) is 1. The SMILES string of the molecule is CC(=O)OC1CCC2C3CCC4CNC(=O)CC4C3CCC12C. The Morgan fingerprint density at radius 3 is 2.74 bits per heavy atom. The molecule has 4 nitrogen and oxygen atoms in total. The maximum absolute atomic E-state index is 11.9. The van der Waals surface area contributed by atoms with Gasteiger partial charge < -0.3 is 10.1 Å². The van der Waals surface area contributed by atoms with Crippen molar-refractivity contribution >= 4 is 11.9 Å². The highest BCUT2D eigenvalue weighted by molar-refractivity contribution is 5.77. The topological polar surface area (TPSA) is 55.4 Å². The lowest BCUT2D eigenvalue weighted by Crippen LogP contribution is -2.53. The van der Waals surface area contributed by atoms with Crippen LogP contribution in [0.25, 0.3) is 0 Å². The van der Waals surface area contributed by atoms with E-state index in [1.54, 1.807) is 0 Å². The van der Waals surface area contributed by atoms with E-state index < -0.39 is 0 Å². The Kier molecular flexibility index (Phi) is 3.69. The standard InChI is InChI=1S/C19H29NO3/c1-11(21)23-17-6-5-16-14-4-3-12-10-20-18(22)9-15(12)13(14)7-8-19(16,17)2/h12-17H,3-10H2,1-2H3,(H,20,22). The number of carbonyl (C=O) groups is 2. The fraction of sp³-hybridized carbons (Fsp3) is 0.895. The molecule has 128 valence electrons. The van der Waals surface area contributed by atoms with Crippen LogP contribution >= 0.6 is 0 Å². The quantitative estimate of drug-likeness (QED) is 0.756. The molecule has 1 N–H and O–H groups in total. The second kappa shape index (κ2) is 5.49. The Balaban J connectivity index is 1.55. The summed E-state index contributed by atoms with van der Waals surface area (Å²) in [6.45, 7) is 4.78. The summed E-state index contributed by atoms with van der Waals surface area (Å²) in [5.41, 5.74) is 0.163. The molecule has 3 aliphatic carbocycles. The smallest absolute Gasteiger partial charge is 0.302 e. The molecule has 1 heterocycles. The van der Waals surface area contributed by atoms with E-state index in [4.69, 9.17) is 4.74 Å². The van der Waals surface area contributed by atoms with Gasteiger partial charge in [0.1, 0.15) is 6.10 Å². The van der Waals surface area contributed by atoms with Crippen molar-refractivity contribution in [2.24, 2.45) is 35.0 Å². The molecule has 4 heteroatoms. The summed E-state index contributed by atoms with van der Waals surface area (Å²) in [5, 5.41) is 3.06. The molecule has 0 aromatic carbocycles. The predicted molar refractivity (Wildman–Crippen MR) is 86.4 cm³/mol. The average Bonchev–Trinajstić information content (AvgIpc) is 2.83. The van der Waals surface area contributed by atoms with Crippen LogP contribution in [-0.4, -0.2) is 24.5 Å². The normalized spacial score (nSPS) is 48.7. The summed E-state index contributed by atoms with van der Waals surface area (Å²) in [6.07, 6.45) is 8.00. The van der Waals surface area contributed by atoms with Crippen molar-refractivity contribution in [1.29, 1.82) is 0 Å². The fourth-order valence-electron chi connectivity index (χ4n) is 6.68. The van der Waals surface area contributed by atoms with Crippen LogP contribution in [0.5, 0.6) is 0 Å². The van der Waals surface area contributed by atoms with Gasteiger partial charge in [-0.05, 0) is 68.1 Å². The first kappa shape index (κ1) is 15.5. The first-order chi connectivity index (χ1) is 11.0. The molecule has 3 saturated carbocycles. The van der Waals surface area contributed by atoms with Crippen molar-refractivity contribution in [3.63, 3.8) is 0 Å². The van der Waals surface area contributed by atoms with Crippen LogP contribution in [0.3, 0.4) is 0 Å². The Hall–Kier alpha value is -1.06.